The van der Waals surface area contributed by atoms with Crippen molar-refractivity contribution in [2.45, 2.75) is 26.3 Å². The standard InChI is InChI=1S/C15H24N4/c1-11-17-13-9-12(7-8-14(13)19(11)6)18(5)10-15(2,3)16-4/h7-9,16H,10H2,1-6H3. The van der Waals surface area contributed by atoms with Gasteiger partial charge in [-0.2, -0.15) is 0 Å². The third-order valence-corrected chi connectivity index (χ3v) is 3.84. The number of aromatic nitrogens is 2. The summed E-state index contributed by atoms with van der Waals surface area (Å²) in [5, 5.41) is 3.33. The number of hydrogen-bond acceptors (Lipinski definition) is 3. The molecular weight excluding hydrogens is 236 g/mol. The minimum atomic E-state index is 0.0870. The van der Waals surface area contributed by atoms with E-state index in [0.717, 1.165) is 17.9 Å². The van der Waals surface area contributed by atoms with Gasteiger partial charge in [0.25, 0.3) is 0 Å². The Balaban J connectivity index is 2.31. The number of rotatable bonds is 4. The van der Waals surface area contributed by atoms with Gasteiger partial charge in [-0.3, -0.25) is 0 Å². The fourth-order valence-electron chi connectivity index (χ4n) is 2.31. The first-order valence-electron chi connectivity index (χ1n) is 6.67. The summed E-state index contributed by atoms with van der Waals surface area (Å²) in [5.74, 6) is 1.05. The van der Waals surface area contributed by atoms with E-state index in [9.17, 15) is 0 Å². The van der Waals surface area contributed by atoms with E-state index in [-0.39, 0.29) is 5.54 Å². The number of nitrogens with zero attached hydrogens (tertiary/aromatic N) is 3. The Morgan fingerprint density at radius 3 is 2.68 bits per heavy atom. The van der Waals surface area contributed by atoms with Gasteiger partial charge in [0.2, 0.25) is 0 Å². The number of imidazole rings is 1. The number of benzene rings is 1. The maximum absolute atomic E-state index is 4.59. The van der Waals surface area contributed by atoms with Crippen LogP contribution in [0, 0.1) is 6.92 Å². The lowest BCUT2D eigenvalue weighted by molar-refractivity contribution is 0.428. The first kappa shape index (κ1) is 13.9. The molecule has 104 valence electrons. The van der Waals surface area contributed by atoms with Crippen LogP contribution >= 0.6 is 0 Å². The summed E-state index contributed by atoms with van der Waals surface area (Å²) >= 11 is 0. The highest BCUT2D eigenvalue weighted by atomic mass is 15.1. The zero-order valence-electron chi connectivity index (χ0n) is 12.8. The van der Waals surface area contributed by atoms with E-state index < -0.39 is 0 Å². The number of likely N-dealkylation sites (N-methyl/N-ethyl adjacent to an activating group) is 2. The Kier molecular flexibility index (Phi) is 3.54. The highest BCUT2D eigenvalue weighted by Gasteiger charge is 2.18. The Labute approximate surface area is 115 Å². The van der Waals surface area contributed by atoms with E-state index >= 15 is 0 Å². The minimum Gasteiger partial charge on any atom is -0.373 e. The molecule has 1 N–H and O–H groups in total. The molecule has 0 saturated carbocycles. The SMILES string of the molecule is CNC(C)(C)CN(C)c1ccc2c(c1)nc(C)n2C. The molecule has 4 heteroatoms. The summed E-state index contributed by atoms with van der Waals surface area (Å²) in [4.78, 5) is 6.86. The third kappa shape index (κ3) is 2.73. The van der Waals surface area contributed by atoms with Gasteiger partial charge in [-0.1, -0.05) is 0 Å². The Hall–Kier alpha value is -1.55. The lowest BCUT2D eigenvalue weighted by Crippen LogP contribution is -2.46. The van der Waals surface area contributed by atoms with E-state index in [4.69, 9.17) is 0 Å². The molecule has 2 aromatic rings. The van der Waals surface area contributed by atoms with Crippen LogP contribution in [-0.4, -0.2) is 35.7 Å². The molecule has 0 aliphatic carbocycles. The van der Waals surface area contributed by atoms with Crippen LogP contribution in [0.2, 0.25) is 0 Å². The summed E-state index contributed by atoms with van der Waals surface area (Å²) in [5.41, 5.74) is 3.53. The normalized spacial score (nSPS) is 12.1. The van der Waals surface area contributed by atoms with E-state index in [2.05, 4.69) is 65.9 Å². The zero-order valence-corrected chi connectivity index (χ0v) is 12.8. The average Bonchev–Trinajstić information content (AvgIpc) is 2.64. The number of aryl methyl sites for hydroxylation is 2. The Morgan fingerprint density at radius 1 is 1.37 bits per heavy atom. The molecule has 4 nitrogen and oxygen atoms in total. The largest absolute Gasteiger partial charge is 0.373 e. The first-order chi connectivity index (χ1) is 8.84. The molecule has 0 bridgehead atoms. The quantitative estimate of drug-likeness (QED) is 0.916. The van der Waals surface area contributed by atoms with Crippen molar-refractivity contribution in [3.8, 4) is 0 Å². The summed E-state index contributed by atoms with van der Waals surface area (Å²) < 4.78 is 2.12. The van der Waals surface area contributed by atoms with Gasteiger partial charge in [-0.15, -0.1) is 0 Å². The number of anilines is 1. The second-order valence-electron chi connectivity index (χ2n) is 5.88. The van der Waals surface area contributed by atoms with Crippen LogP contribution in [0.3, 0.4) is 0 Å². The summed E-state index contributed by atoms with van der Waals surface area (Å²) in [6, 6.07) is 6.47. The second-order valence-corrected chi connectivity index (χ2v) is 5.88. The van der Waals surface area contributed by atoms with Crippen LogP contribution in [-0.2, 0) is 7.05 Å². The fraction of sp³-hybridized carbons (Fsp3) is 0.533. The molecule has 0 unspecified atom stereocenters. The molecule has 19 heavy (non-hydrogen) atoms. The zero-order chi connectivity index (χ0) is 14.2. The highest BCUT2D eigenvalue weighted by Crippen LogP contribution is 2.22. The van der Waals surface area contributed by atoms with Gasteiger partial charge in [-0.05, 0) is 46.0 Å². The predicted octanol–water partition coefficient (Wildman–Crippen LogP) is 2.32. The molecule has 0 spiro atoms. The van der Waals surface area contributed by atoms with Crippen LogP contribution in [0.5, 0.6) is 0 Å². The topological polar surface area (TPSA) is 33.1 Å². The smallest absolute Gasteiger partial charge is 0.106 e. The van der Waals surface area contributed by atoms with Crippen molar-refractivity contribution in [2.24, 2.45) is 7.05 Å². The fourth-order valence-corrected chi connectivity index (χ4v) is 2.31. The Morgan fingerprint density at radius 2 is 2.05 bits per heavy atom. The van der Waals surface area contributed by atoms with Crippen LogP contribution < -0.4 is 10.2 Å². The van der Waals surface area contributed by atoms with Gasteiger partial charge in [0.1, 0.15) is 5.82 Å². The maximum Gasteiger partial charge on any atom is 0.106 e. The Bertz CT molecular complexity index is 583. The van der Waals surface area contributed by atoms with Crippen LogP contribution in [0.15, 0.2) is 18.2 Å². The molecule has 0 saturated heterocycles. The third-order valence-electron chi connectivity index (χ3n) is 3.84. The molecule has 0 radical (unpaired) electrons. The van der Waals surface area contributed by atoms with Crippen molar-refractivity contribution in [2.75, 3.05) is 25.5 Å². The van der Waals surface area contributed by atoms with Crippen molar-refractivity contribution >= 4 is 16.7 Å². The first-order valence-corrected chi connectivity index (χ1v) is 6.67. The van der Waals surface area contributed by atoms with Crippen molar-refractivity contribution in [3.63, 3.8) is 0 Å². The number of hydrogen-bond donors (Lipinski definition) is 1. The van der Waals surface area contributed by atoms with Gasteiger partial charge in [0.15, 0.2) is 0 Å². The van der Waals surface area contributed by atoms with Crippen LogP contribution in [0.1, 0.15) is 19.7 Å². The average molecular weight is 260 g/mol. The van der Waals surface area contributed by atoms with Gasteiger partial charge in [0.05, 0.1) is 11.0 Å². The van der Waals surface area contributed by atoms with Gasteiger partial charge in [-0.25, -0.2) is 4.98 Å². The van der Waals surface area contributed by atoms with E-state index in [1.54, 1.807) is 0 Å². The summed E-state index contributed by atoms with van der Waals surface area (Å²) in [7, 11) is 6.17. The highest BCUT2D eigenvalue weighted by molar-refractivity contribution is 5.80. The minimum absolute atomic E-state index is 0.0870. The lowest BCUT2D eigenvalue weighted by atomic mass is 10.1. The van der Waals surface area contributed by atoms with Crippen LogP contribution in [0.4, 0.5) is 5.69 Å². The summed E-state index contributed by atoms with van der Waals surface area (Å²) in [6.45, 7) is 7.38. The molecule has 0 atom stereocenters. The van der Waals surface area contributed by atoms with Crippen molar-refractivity contribution in [3.05, 3.63) is 24.0 Å². The molecule has 0 fully saturated rings. The van der Waals surface area contributed by atoms with Crippen LogP contribution in [0.25, 0.3) is 11.0 Å². The monoisotopic (exact) mass is 260 g/mol. The number of nitrogens with one attached hydrogen (secondary N) is 1. The van der Waals surface area contributed by atoms with Crippen molar-refractivity contribution in [1.82, 2.24) is 14.9 Å². The predicted molar refractivity (Wildman–Crippen MR) is 81.9 cm³/mol. The van der Waals surface area contributed by atoms with Gasteiger partial charge in [0, 0.05) is 31.9 Å². The maximum atomic E-state index is 4.59. The van der Waals surface area contributed by atoms with Crippen molar-refractivity contribution in [1.29, 1.82) is 0 Å². The molecule has 0 aliphatic heterocycles. The molecule has 1 aromatic heterocycles. The molecule has 1 heterocycles. The molecule has 2 rings (SSSR count). The van der Waals surface area contributed by atoms with E-state index in [1.807, 2.05) is 14.0 Å². The molecule has 0 aliphatic rings. The molecular formula is C15H24N4. The number of fused-ring (bicyclic) bond motifs is 1. The van der Waals surface area contributed by atoms with Gasteiger partial charge >= 0.3 is 0 Å². The second kappa shape index (κ2) is 4.85. The summed E-state index contributed by atoms with van der Waals surface area (Å²) in [6.07, 6.45) is 0. The van der Waals surface area contributed by atoms with E-state index in [0.29, 0.717) is 0 Å². The lowest BCUT2D eigenvalue weighted by Gasteiger charge is -2.31. The van der Waals surface area contributed by atoms with E-state index in [1.165, 1.54) is 11.2 Å². The van der Waals surface area contributed by atoms with Crippen molar-refractivity contribution < 1.29 is 0 Å². The molecule has 0 amide bonds. The molecule has 1 aromatic carbocycles. The van der Waals surface area contributed by atoms with Gasteiger partial charge < -0.3 is 14.8 Å².